The van der Waals surface area contributed by atoms with E-state index in [0.717, 1.165) is 0 Å². The number of cyclic esters (lactones) is 1. The molecule has 0 radical (unpaired) electrons. The lowest BCUT2D eigenvalue weighted by Gasteiger charge is -2.36. The van der Waals surface area contributed by atoms with Gasteiger partial charge in [0.25, 0.3) is 0 Å². The van der Waals surface area contributed by atoms with E-state index >= 15 is 0 Å². The zero-order chi connectivity index (χ0) is 14.8. The Morgan fingerprint density at radius 3 is 2.47 bits per heavy atom. The molecule has 0 aromatic rings. The summed E-state index contributed by atoms with van der Waals surface area (Å²) in [5.41, 5.74) is -0.633. The number of carbonyl (C=O) groups is 2. The van der Waals surface area contributed by atoms with Crippen molar-refractivity contribution in [3.63, 3.8) is 0 Å². The Labute approximate surface area is 112 Å². The largest absolute Gasteiger partial charge is 0.465 e. The molecule has 6 heteroatoms. The van der Waals surface area contributed by atoms with Crippen LogP contribution in [0.15, 0.2) is 0 Å². The average molecular weight is 276 g/mol. The van der Waals surface area contributed by atoms with E-state index < -0.39 is 35.7 Å². The van der Waals surface area contributed by atoms with E-state index in [2.05, 4.69) is 0 Å². The molecule has 0 aromatic heterocycles. The van der Waals surface area contributed by atoms with Gasteiger partial charge in [0.15, 0.2) is 0 Å². The number of rotatable bonds is 3. The minimum Gasteiger partial charge on any atom is -0.465 e. The van der Waals surface area contributed by atoms with Crippen LogP contribution in [0.4, 0.5) is 4.39 Å². The molecule has 1 unspecified atom stereocenters. The molecule has 4 atom stereocenters. The number of ether oxygens (including phenoxy) is 3. The minimum atomic E-state index is -1.72. The summed E-state index contributed by atoms with van der Waals surface area (Å²) >= 11 is 0. The maximum Gasteiger partial charge on any atom is 0.343 e. The summed E-state index contributed by atoms with van der Waals surface area (Å²) < 4.78 is 28.6. The zero-order valence-corrected chi connectivity index (χ0v) is 11.9. The van der Waals surface area contributed by atoms with Crippen LogP contribution in [0.5, 0.6) is 0 Å². The Morgan fingerprint density at radius 1 is 1.42 bits per heavy atom. The van der Waals surface area contributed by atoms with Crippen molar-refractivity contribution in [3.8, 4) is 0 Å². The Kier molecular flexibility index (Phi) is 4.90. The fourth-order valence-corrected chi connectivity index (χ4v) is 1.79. The summed E-state index contributed by atoms with van der Waals surface area (Å²) in [5, 5.41) is 0. The Balaban J connectivity index is 2.68. The summed E-state index contributed by atoms with van der Waals surface area (Å²) in [6.45, 7) is 6.72. The van der Waals surface area contributed by atoms with Crippen LogP contribution >= 0.6 is 0 Å². The van der Waals surface area contributed by atoms with Gasteiger partial charge in [0.05, 0.1) is 11.3 Å². The van der Waals surface area contributed by atoms with Gasteiger partial charge < -0.3 is 14.2 Å². The van der Waals surface area contributed by atoms with Crippen LogP contribution in [0.1, 0.15) is 27.7 Å². The number of esters is 2. The molecule has 0 aliphatic carbocycles. The molecule has 1 aliphatic heterocycles. The predicted molar refractivity (Wildman–Crippen MR) is 64.9 cm³/mol. The molecule has 1 heterocycles. The SMILES string of the molecule is COC1OC(=O)[C@H](F)[C@H](C)[C@H]1COC(=O)C(C)(C)C. The molecule has 1 saturated heterocycles. The highest BCUT2D eigenvalue weighted by Crippen LogP contribution is 2.31. The molecule has 0 amide bonds. The summed E-state index contributed by atoms with van der Waals surface area (Å²) in [4.78, 5) is 22.9. The Morgan fingerprint density at radius 2 is 2.00 bits per heavy atom. The maximum atomic E-state index is 13.6. The molecular formula is C13H21FO5. The molecule has 0 saturated carbocycles. The van der Waals surface area contributed by atoms with E-state index in [4.69, 9.17) is 14.2 Å². The maximum absolute atomic E-state index is 13.6. The van der Waals surface area contributed by atoms with Crippen LogP contribution in [0, 0.1) is 17.3 Å². The van der Waals surface area contributed by atoms with E-state index in [1.54, 1.807) is 27.7 Å². The first-order chi connectivity index (χ1) is 8.68. The van der Waals surface area contributed by atoms with Gasteiger partial charge in [0.2, 0.25) is 12.5 Å². The van der Waals surface area contributed by atoms with Crippen molar-refractivity contribution in [3.05, 3.63) is 0 Å². The van der Waals surface area contributed by atoms with Crippen LogP contribution in [0.3, 0.4) is 0 Å². The van der Waals surface area contributed by atoms with Crippen molar-refractivity contribution in [1.82, 2.24) is 0 Å². The average Bonchev–Trinajstić information content (AvgIpc) is 2.32. The van der Waals surface area contributed by atoms with Gasteiger partial charge in [-0.2, -0.15) is 0 Å². The number of methoxy groups -OCH3 is 1. The monoisotopic (exact) mass is 276 g/mol. The first-order valence-corrected chi connectivity index (χ1v) is 6.23. The number of hydrogen-bond donors (Lipinski definition) is 0. The molecule has 110 valence electrons. The highest BCUT2D eigenvalue weighted by Gasteiger charge is 2.45. The van der Waals surface area contributed by atoms with Gasteiger partial charge in [-0.1, -0.05) is 6.92 Å². The molecule has 1 rings (SSSR count). The third-order valence-electron chi connectivity index (χ3n) is 3.20. The molecule has 0 spiro atoms. The number of halogens is 1. The number of hydrogen-bond acceptors (Lipinski definition) is 5. The van der Waals surface area contributed by atoms with Gasteiger partial charge in [-0.15, -0.1) is 0 Å². The standard InChI is InChI=1S/C13H21FO5/c1-7-8(6-18-12(16)13(2,3)4)11(17-5)19-10(15)9(7)14/h7-9,11H,6H2,1-5H3/t7-,8-,9-,11?/m1/s1. The van der Waals surface area contributed by atoms with Crippen molar-refractivity contribution in [2.45, 2.75) is 40.2 Å². The van der Waals surface area contributed by atoms with Crippen molar-refractivity contribution in [1.29, 1.82) is 0 Å². The van der Waals surface area contributed by atoms with E-state index in [1.165, 1.54) is 7.11 Å². The second kappa shape index (κ2) is 5.86. The summed E-state index contributed by atoms with van der Waals surface area (Å²) in [6, 6.07) is 0. The van der Waals surface area contributed by atoms with E-state index in [1.807, 2.05) is 0 Å². The van der Waals surface area contributed by atoms with Crippen LogP contribution in [-0.2, 0) is 23.8 Å². The summed E-state index contributed by atoms with van der Waals surface area (Å²) in [5.74, 6) is -2.46. The van der Waals surface area contributed by atoms with Crippen LogP contribution in [0.2, 0.25) is 0 Å². The second-order valence-corrected chi connectivity index (χ2v) is 5.81. The first-order valence-electron chi connectivity index (χ1n) is 6.23. The van der Waals surface area contributed by atoms with Crippen molar-refractivity contribution < 1.29 is 28.2 Å². The first kappa shape index (κ1) is 15.9. The van der Waals surface area contributed by atoms with Gasteiger partial charge >= 0.3 is 11.9 Å². The smallest absolute Gasteiger partial charge is 0.343 e. The van der Waals surface area contributed by atoms with E-state index in [-0.39, 0.29) is 12.6 Å². The van der Waals surface area contributed by atoms with Crippen LogP contribution < -0.4 is 0 Å². The van der Waals surface area contributed by atoms with Crippen LogP contribution in [-0.4, -0.2) is 38.1 Å². The molecule has 0 bridgehead atoms. The minimum absolute atomic E-state index is 0.0382. The van der Waals surface area contributed by atoms with Crippen molar-refractivity contribution >= 4 is 11.9 Å². The Bertz CT molecular complexity index is 347. The summed E-state index contributed by atoms with van der Waals surface area (Å²) in [6.07, 6.45) is -2.60. The van der Waals surface area contributed by atoms with Crippen molar-refractivity contribution in [2.75, 3.05) is 13.7 Å². The molecular weight excluding hydrogens is 255 g/mol. The fraction of sp³-hybridized carbons (Fsp3) is 0.846. The van der Waals surface area contributed by atoms with Gasteiger partial charge in [-0.05, 0) is 20.8 Å². The number of carbonyl (C=O) groups excluding carboxylic acids is 2. The predicted octanol–water partition coefficient (Wildman–Crippen LogP) is 1.70. The third-order valence-corrected chi connectivity index (χ3v) is 3.20. The van der Waals surface area contributed by atoms with Gasteiger partial charge in [-0.3, -0.25) is 4.79 Å². The van der Waals surface area contributed by atoms with Gasteiger partial charge in [0, 0.05) is 13.0 Å². The third kappa shape index (κ3) is 3.65. The summed E-state index contributed by atoms with van der Waals surface area (Å²) in [7, 11) is 1.36. The van der Waals surface area contributed by atoms with Crippen LogP contribution in [0.25, 0.3) is 0 Å². The quantitative estimate of drug-likeness (QED) is 0.734. The molecule has 0 aromatic carbocycles. The molecule has 1 fully saturated rings. The lowest BCUT2D eigenvalue weighted by atomic mass is 9.87. The molecule has 5 nitrogen and oxygen atoms in total. The molecule has 0 N–H and O–H groups in total. The van der Waals surface area contributed by atoms with E-state index in [9.17, 15) is 14.0 Å². The topological polar surface area (TPSA) is 61.8 Å². The lowest BCUT2D eigenvalue weighted by Crippen LogP contribution is -2.48. The zero-order valence-electron chi connectivity index (χ0n) is 11.9. The lowest BCUT2D eigenvalue weighted by molar-refractivity contribution is -0.222. The normalized spacial score (nSPS) is 31.8. The highest BCUT2D eigenvalue weighted by molar-refractivity contribution is 5.76. The highest BCUT2D eigenvalue weighted by atomic mass is 19.1. The molecule has 1 aliphatic rings. The molecule has 19 heavy (non-hydrogen) atoms. The van der Waals surface area contributed by atoms with Gasteiger partial charge in [0.1, 0.15) is 6.61 Å². The second-order valence-electron chi connectivity index (χ2n) is 5.81. The van der Waals surface area contributed by atoms with Crippen molar-refractivity contribution in [2.24, 2.45) is 17.3 Å². The van der Waals surface area contributed by atoms with E-state index in [0.29, 0.717) is 0 Å². The number of alkyl halides is 1. The van der Waals surface area contributed by atoms with Gasteiger partial charge in [-0.25, -0.2) is 9.18 Å². The Hall–Kier alpha value is -1.17. The fourth-order valence-electron chi connectivity index (χ4n) is 1.79.